The van der Waals surface area contributed by atoms with E-state index in [-0.39, 0.29) is 18.2 Å². The molecule has 0 spiro atoms. The van der Waals surface area contributed by atoms with Crippen molar-refractivity contribution in [2.45, 2.75) is 18.9 Å². The molecule has 2 heterocycles. The lowest BCUT2D eigenvalue weighted by Gasteiger charge is -2.14. The first kappa shape index (κ1) is 21.1. The molecule has 3 nitrogen and oxygen atoms in total. The largest absolute Gasteiger partial charge is 0.416 e. The van der Waals surface area contributed by atoms with Gasteiger partial charge in [-0.1, -0.05) is 17.4 Å². The molecule has 0 amide bonds. The molecule has 2 aromatic heterocycles. The highest BCUT2D eigenvalue weighted by Gasteiger charge is 2.36. The van der Waals surface area contributed by atoms with E-state index in [2.05, 4.69) is 15.3 Å². The molecule has 10 heteroatoms. The quantitative estimate of drug-likeness (QED) is 0.338. The maximum absolute atomic E-state index is 13.0. The summed E-state index contributed by atoms with van der Waals surface area (Å²) < 4.78 is 78.9. The van der Waals surface area contributed by atoms with Gasteiger partial charge in [0, 0.05) is 18.9 Å². The number of halogens is 6. The van der Waals surface area contributed by atoms with Gasteiger partial charge in [0.15, 0.2) is 5.13 Å². The van der Waals surface area contributed by atoms with Gasteiger partial charge in [-0.25, -0.2) is 4.98 Å². The van der Waals surface area contributed by atoms with Crippen LogP contribution in [-0.4, -0.2) is 9.97 Å². The third-order valence-corrected chi connectivity index (χ3v) is 5.47. The van der Waals surface area contributed by atoms with Gasteiger partial charge in [0.1, 0.15) is 0 Å². The molecule has 0 unspecified atom stereocenters. The smallest absolute Gasteiger partial charge is 0.357 e. The minimum atomic E-state index is -4.88. The van der Waals surface area contributed by atoms with Gasteiger partial charge in [0.2, 0.25) is 0 Å². The standard InChI is InChI=1S/C21H13F6N3S/c22-20(23,24)15-7-12(8-16(10-15)21(25,26)27)11-29-19-30-17-2-1-14(9-18(17)31-19)13-3-5-28-6-4-13/h1-10H,11H2,(H,29,30). The van der Waals surface area contributed by atoms with Crippen molar-refractivity contribution in [3.8, 4) is 11.1 Å². The molecule has 0 aliphatic carbocycles. The molecule has 160 valence electrons. The van der Waals surface area contributed by atoms with Crippen LogP contribution in [0.25, 0.3) is 21.3 Å². The lowest BCUT2D eigenvalue weighted by Crippen LogP contribution is -2.12. The molecule has 4 aromatic rings. The second kappa shape index (κ2) is 7.84. The van der Waals surface area contributed by atoms with Crippen molar-refractivity contribution in [3.05, 3.63) is 77.6 Å². The Morgan fingerprint density at radius 1 is 0.774 bits per heavy atom. The van der Waals surface area contributed by atoms with Crippen LogP contribution >= 0.6 is 11.3 Å². The van der Waals surface area contributed by atoms with Gasteiger partial charge < -0.3 is 5.32 Å². The van der Waals surface area contributed by atoms with Crippen molar-refractivity contribution in [1.29, 1.82) is 0 Å². The number of hydrogen-bond donors (Lipinski definition) is 1. The van der Waals surface area contributed by atoms with Gasteiger partial charge in [-0.2, -0.15) is 26.3 Å². The third kappa shape index (κ3) is 4.79. The van der Waals surface area contributed by atoms with Crippen molar-refractivity contribution >= 4 is 26.7 Å². The number of nitrogens with one attached hydrogen (secondary N) is 1. The Morgan fingerprint density at radius 3 is 2.03 bits per heavy atom. The van der Waals surface area contributed by atoms with E-state index >= 15 is 0 Å². The van der Waals surface area contributed by atoms with E-state index in [4.69, 9.17) is 0 Å². The normalized spacial score (nSPS) is 12.3. The number of pyridine rings is 1. The highest BCUT2D eigenvalue weighted by Crippen LogP contribution is 2.37. The average Bonchev–Trinajstić information content (AvgIpc) is 3.13. The molecule has 0 atom stereocenters. The fraction of sp³-hybridized carbons (Fsp3) is 0.143. The molecule has 0 aliphatic rings. The highest BCUT2D eigenvalue weighted by atomic mass is 32.1. The molecule has 1 N–H and O–H groups in total. The summed E-state index contributed by atoms with van der Waals surface area (Å²) in [7, 11) is 0. The van der Waals surface area contributed by atoms with E-state index in [0.29, 0.717) is 22.8 Å². The lowest BCUT2D eigenvalue weighted by atomic mass is 10.0. The molecule has 0 aliphatic heterocycles. The predicted octanol–water partition coefficient (Wildman–Crippen LogP) is 7.01. The summed E-state index contributed by atoms with van der Waals surface area (Å²) in [5.41, 5.74) is -0.249. The SMILES string of the molecule is FC(F)(F)c1cc(CNc2nc3ccc(-c4ccncc4)cc3s2)cc(C(F)(F)F)c1. The number of nitrogens with zero attached hydrogens (tertiary/aromatic N) is 2. The van der Waals surface area contributed by atoms with Crippen LogP contribution in [0, 0.1) is 0 Å². The van der Waals surface area contributed by atoms with Crippen LogP contribution in [0.2, 0.25) is 0 Å². The molecule has 2 aromatic carbocycles. The number of benzene rings is 2. The van der Waals surface area contributed by atoms with Gasteiger partial charge in [0.25, 0.3) is 0 Å². The van der Waals surface area contributed by atoms with E-state index in [1.54, 1.807) is 18.5 Å². The van der Waals surface area contributed by atoms with Gasteiger partial charge >= 0.3 is 12.4 Å². The Morgan fingerprint density at radius 2 is 1.42 bits per heavy atom. The van der Waals surface area contributed by atoms with E-state index in [9.17, 15) is 26.3 Å². The summed E-state index contributed by atoms with van der Waals surface area (Å²) in [6, 6.07) is 10.8. The molecule has 4 rings (SSSR count). The summed E-state index contributed by atoms with van der Waals surface area (Å²) in [5, 5.41) is 3.23. The number of alkyl halides is 6. The summed E-state index contributed by atoms with van der Waals surface area (Å²) in [5.74, 6) is 0. The molecular formula is C21H13F6N3S. The number of aromatic nitrogens is 2. The van der Waals surface area contributed by atoms with Crippen LogP contribution in [-0.2, 0) is 18.9 Å². The first-order chi connectivity index (χ1) is 14.6. The van der Waals surface area contributed by atoms with E-state index in [1.165, 1.54) is 11.3 Å². The summed E-state index contributed by atoms with van der Waals surface area (Å²) in [6.07, 6.45) is -6.42. The molecule has 0 fully saturated rings. The third-order valence-electron chi connectivity index (χ3n) is 4.49. The zero-order chi connectivity index (χ0) is 22.2. The second-order valence-corrected chi connectivity index (χ2v) is 7.74. The molecule has 0 radical (unpaired) electrons. The van der Waals surface area contributed by atoms with Gasteiger partial charge in [-0.15, -0.1) is 0 Å². The van der Waals surface area contributed by atoms with Crippen LogP contribution in [0.4, 0.5) is 31.5 Å². The van der Waals surface area contributed by atoms with Gasteiger partial charge in [-0.05, 0) is 59.2 Å². The number of rotatable bonds is 4. The zero-order valence-corrected chi connectivity index (χ0v) is 16.4. The van der Waals surface area contributed by atoms with Crippen molar-refractivity contribution in [1.82, 2.24) is 9.97 Å². The van der Waals surface area contributed by atoms with E-state index < -0.39 is 23.5 Å². The van der Waals surface area contributed by atoms with Gasteiger partial charge in [0.05, 0.1) is 21.3 Å². The van der Waals surface area contributed by atoms with Gasteiger partial charge in [-0.3, -0.25) is 4.98 Å². The molecular weight excluding hydrogens is 440 g/mol. The Bertz CT molecular complexity index is 1180. The zero-order valence-electron chi connectivity index (χ0n) is 15.6. The number of thiazole rings is 1. The van der Waals surface area contributed by atoms with Crippen molar-refractivity contribution < 1.29 is 26.3 Å². The highest BCUT2D eigenvalue weighted by molar-refractivity contribution is 7.22. The van der Waals surface area contributed by atoms with E-state index in [0.717, 1.165) is 15.8 Å². The van der Waals surface area contributed by atoms with Crippen molar-refractivity contribution in [2.24, 2.45) is 0 Å². The minimum Gasteiger partial charge on any atom is -0.357 e. The summed E-state index contributed by atoms with van der Waals surface area (Å²) in [4.78, 5) is 8.33. The Hall–Kier alpha value is -3.14. The summed E-state index contributed by atoms with van der Waals surface area (Å²) in [6.45, 7) is -0.232. The fourth-order valence-electron chi connectivity index (χ4n) is 3.02. The van der Waals surface area contributed by atoms with Crippen LogP contribution in [0.5, 0.6) is 0 Å². The summed E-state index contributed by atoms with van der Waals surface area (Å²) >= 11 is 1.26. The maximum atomic E-state index is 13.0. The Kier molecular flexibility index (Phi) is 5.34. The number of anilines is 1. The maximum Gasteiger partial charge on any atom is 0.416 e. The first-order valence-electron chi connectivity index (χ1n) is 8.93. The molecule has 0 saturated carbocycles. The number of fused-ring (bicyclic) bond motifs is 1. The minimum absolute atomic E-state index is 0.113. The second-order valence-electron chi connectivity index (χ2n) is 6.71. The van der Waals surface area contributed by atoms with Crippen LogP contribution in [0.15, 0.2) is 60.9 Å². The van der Waals surface area contributed by atoms with Crippen molar-refractivity contribution in [2.75, 3.05) is 5.32 Å². The topological polar surface area (TPSA) is 37.8 Å². The van der Waals surface area contributed by atoms with Crippen molar-refractivity contribution in [3.63, 3.8) is 0 Å². The lowest BCUT2D eigenvalue weighted by molar-refractivity contribution is -0.143. The first-order valence-corrected chi connectivity index (χ1v) is 9.74. The molecule has 0 saturated heterocycles. The molecule has 0 bridgehead atoms. The Balaban J connectivity index is 1.59. The molecule has 31 heavy (non-hydrogen) atoms. The van der Waals surface area contributed by atoms with E-state index in [1.807, 2.05) is 24.3 Å². The Labute approximate surface area is 176 Å². The van der Waals surface area contributed by atoms with Crippen LogP contribution in [0.1, 0.15) is 16.7 Å². The predicted molar refractivity (Wildman–Crippen MR) is 107 cm³/mol. The van der Waals surface area contributed by atoms with Crippen LogP contribution in [0.3, 0.4) is 0 Å². The average molecular weight is 453 g/mol. The number of hydrogen-bond acceptors (Lipinski definition) is 4. The monoisotopic (exact) mass is 453 g/mol. The fourth-order valence-corrected chi connectivity index (χ4v) is 3.92. The van der Waals surface area contributed by atoms with Crippen LogP contribution < -0.4 is 5.32 Å².